The van der Waals surface area contributed by atoms with Crippen molar-refractivity contribution in [3.63, 3.8) is 0 Å². The number of nitrogens with one attached hydrogen (secondary N) is 1. The van der Waals surface area contributed by atoms with Crippen LogP contribution in [0.3, 0.4) is 0 Å². The topological polar surface area (TPSA) is 86.7 Å². The number of hydrogen-bond donors (Lipinski definition) is 2. The van der Waals surface area contributed by atoms with E-state index in [1.165, 1.54) is 16.7 Å². The van der Waals surface area contributed by atoms with E-state index >= 15 is 0 Å². The molecule has 2 saturated heterocycles. The van der Waals surface area contributed by atoms with Gasteiger partial charge in [0.15, 0.2) is 6.04 Å². The summed E-state index contributed by atoms with van der Waals surface area (Å²) in [7, 11) is 0. The number of hydrogen-bond acceptors (Lipinski definition) is 5. The maximum Gasteiger partial charge on any atom is 0.331 e. The molecule has 0 radical (unpaired) electrons. The zero-order chi connectivity index (χ0) is 16.6. The predicted octanol–water partition coefficient (Wildman–Crippen LogP) is 0.452. The molecule has 0 aliphatic carbocycles. The molecule has 3 rings (SSSR count). The van der Waals surface area contributed by atoms with Crippen LogP contribution in [0.5, 0.6) is 0 Å². The van der Waals surface area contributed by atoms with Crippen LogP contribution in [-0.4, -0.2) is 55.9 Å². The smallest absolute Gasteiger partial charge is 0.331 e. The van der Waals surface area contributed by atoms with Crippen molar-refractivity contribution in [1.82, 2.24) is 10.2 Å². The molecule has 3 atom stereocenters. The molecule has 2 aliphatic rings. The molecule has 120 valence electrons. The van der Waals surface area contributed by atoms with Gasteiger partial charge in [-0.25, -0.2) is 4.79 Å². The Kier molecular flexibility index (Phi) is 4.36. The van der Waals surface area contributed by atoms with E-state index in [1.54, 1.807) is 0 Å². The Morgan fingerprint density at radius 2 is 2.04 bits per heavy atom. The van der Waals surface area contributed by atoms with Crippen LogP contribution in [0.4, 0.5) is 0 Å². The molecular formula is C15H14N2O4S2. The van der Waals surface area contributed by atoms with Gasteiger partial charge in [-0.1, -0.05) is 42.5 Å². The Labute approximate surface area is 142 Å². The van der Waals surface area contributed by atoms with Crippen molar-refractivity contribution in [1.29, 1.82) is 0 Å². The molecule has 8 heteroatoms. The second kappa shape index (κ2) is 6.29. The van der Waals surface area contributed by atoms with Crippen molar-refractivity contribution in [3.8, 4) is 0 Å². The average Bonchev–Trinajstić information content (AvgIpc) is 2.53. The summed E-state index contributed by atoms with van der Waals surface area (Å²) in [6.45, 7) is 0. The van der Waals surface area contributed by atoms with Crippen LogP contribution < -0.4 is 5.32 Å². The van der Waals surface area contributed by atoms with Crippen LogP contribution in [0.15, 0.2) is 30.3 Å². The summed E-state index contributed by atoms with van der Waals surface area (Å²) in [5.41, 5.74) is 0.856. The molecule has 23 heavy (non-hydrogen) atoms. The number of rotatable bonds is 4. The lowest BCUT2D eigenvalue weighted by Gasteiger charge is -2.51. The number of β-lactam (4-membered cyclic amide) rings is 1. The molecular weight excluding hydrogens is 336 g/mol. The molecule has 2 N–H and O–H groups in total. The lowest BCUT2D eigenvalue weighted by molar-refractivity contribution is -0.158. The number of thiocarbonyl (C=S) groups is 1. The summed E-state index contributed by atoms with van der Waals surface area (Å²) >= 11 is 6.44. The predicted molar refractivity (Wildman–Crippen MR) is 89.2 cm³/mol. The fourth-order valence-corrected chi connectivity index (χ4v) is 4.41. The second-order valence-electron chi connectivity index (χ2n) is 5.36. The van der Waals surface area contributed by atoms with E-state index < -0.39 is 24.0 Å². The maximum atomic E-state index is 12.2. The Morgan fingerprint density at radius 3 is 2.70 bits per heavy atom. The van der Waals surface area contributed by atoms with Gasteiger partial charge in [0.1, 0.15) is 11.4 Å². The molecule has 1 aromatic carbocycles. The molecule has 2 unspecified atom stereocenters. The fourth-order valence-electron chi connectivity index (χ4n) is 2.73. The van der Waals surface area contributed by atoms with E-state index in [4.69, 9.17) is 12.2 Å². The van der Waals surface area contributed by atoms with Gasteiger partial charge in [0, 0.05) is 10.6 Å². The minimum Gasteiger partial charge on any atom is -0.479 e. The van der Waals surface area contributed by atoms with Gasteiger partial charge in [-0.05, 0) is 5.56 Å². The highest BCUT2D eigenvalue weighted by Gasteiger charge is 2.56. The van der Waals surface area contributed by atoms with E-state index in [-0.39, 0.29) is 17.7 Å². The van der Waals surface area contributed by atoms with Crippen LogP contribution in [0, 0.1) is 0 Å². The first-order valence-electron chi connectivity index (χ1n) is 7.01. The van der Waals surface area contributed by atoms with Gasteiger partial charge in [-0.3, -0.25) is 9.59 Å². The van der Waals surface area contributed by atoms with Crippen LogP contribution in [-0.2, 0) is 20.8 Å². The number of aliphatic carboxylic acids is 1. The van der Waals surface area contributed by atoms with Crippen molar-refractivity contribution in [3.05, 3.63) is 35.9 Å². The summed E-state index contributed by atoms with van der Waals surface area (Å²) < 4.78 is 0. The van der Waals surface area contributed by atoms with Crippen LogP contribution in [0.25, 0.3) is 0 Å². The van der Waals surface area contributed by atoms with Crippen LogP contribution >= 0.6 is 24.0 Å². The first-order chi connectivity index (χ1) is 11.0. The van der Waals surface area contributed by atoms with Crippen molar-refractivity contribution < 1.29 is 19.5 Å². The molecule has 0 bridgehead atoms. The lowest BCUT2D eigenvalue weighted by atomic mass is 10.0. The van der Waals surface area contributed by atoms with Crippen LogP contribution in [0.2, 0.25) is 0 Å². The largest absolute Gasteiger partial charge is 0.479 e. The standard InChI is InChI=1S/C15H14N2O4S2/c18-10(6-8-4-2-1-3-5-8)16-11-13(19)17-12(15(20)21)9(22)7-23-14(11)17/h1-5,11-12,14H,6-7H2,(H,16,18)(H,20,21)/t11?,12?,14-/m0/s1. The lowest BCUT2D eigenvalue weighted by Crippen LogP contribution is -2.75. The summed E-state index contributed by atoms with van der Waals surface area (Å²) in [6.07, 6.45) is 0.183. The van der Waals surface area contributed by atoms with Crippen molar-refractivity contribution in [2.24, 2.45) is 0 Å². The number of thioether (sulfide) groups is 1. The highest BCUT2D eigenvalue weighted by molar-refractivity contribution is 8.02. The highest BCUT2D eigenvalue weighted by Crippen LogP contribution is 2.37. The molecule has 6 nitrogen and oxygen atoms in total. The Morgan fingerprint density at radius 1 is 1.35 bits per heavy atom. The zero-order valence-electron chi connectivity index (χ0n) is 12.0. The molecule has 2 heterocycles. The van der Waals surface area contributed by atoms with Gasteiger partial charge >= 0.3 is 5.97 Å². The third-order valence-corrected chi connectivity index (χ3v) is 5.69. The van der Waals surface area contributed by atoms with E-state index in [9.17, 15) is 19.5 Å². The van der Waals surface area contributed by atoms with Gasteiger partial charge in [0.05, 0.1) is 6.42 Å². The van der Waals surface area contributed by atoms with Crippen LogP contribution in [0.1, 0.15) is 5.56 Å². The summed E-state index contributed by atoms with van der Waals surface area (Å²) in [6, 6.07) is 7.48. The zero-order valence-corrected chi connectivity index (χ0v) is 13.6. The first-order valence-corrected chi connectivity index (χ1v) is 8.47. The average molecular weight is 350 g/mol. The van der Waals surface area contributed by atoms with Gasteiger partial charge in [0.2, 0.25) is 11.8 Å². The Bertz CT molecular complexity index is 679. The normalized spacial score (nSPS) is 26.3. The number of carbonyl (C=O) groups excluding carboxylic acids is 2. The van der Waals surface area contributed by atoms with Gasteiger partial charge in [0.25, 0.3) is 0 Å². The number of fused-ring (bicyclic) bond motifs is 1. The third-order valence-electron chi connectivity index (χ3n) is 3.82. The first kappa shape index (κ1) is 15.9. The van der Waals surface area contributed by atoms with Gasteiger partial charge in [-0.15, -0.1) is 11.8 Å². The molecule has 0 saturated carbocycles. The second-order valence-corrected chi connectivity index (χ2v) is 6.99. The SMILES string of the molecule is O=C(Cc1ccccc1)NC1C(=O)N2C(C(=O)O)C(=S)CS[C@@H]12. The Hall–Kier alpha value is -1.93. The molecule has 0 spiro atoms. The van der Waals surface area contributed by atoms with E-state index in [1.807, 2.05) is 30.3 Å². The van der Waals surface area contributed by atoms with E-state index in [0.29, 0.717) is 10.6 Å². The molecule has 2 fully saturated rings. The summed E-state index contributed by atoms with van der Waals surface area (Å²) in [5, 5.41) is 11.6. The summed E-state index contributed by atoms with van der Waals surface area (Å²) in [4.78, 5) is 37.2. The molecule has 0 aromatic heterocycles. The van der Waals surface area contributed by atoms with Gasteiger partial charge in [-0.2, -0.15) is 0 Å². The van der Waals surface area contributed by atoms with E-state index in [2.05, 4.69) is 5.32 Å². The number of benzene rings is 1. The quantitative estimate of drug-likeness (QED) is 0.606. The van der Waals surface area contributed by atoms with E-state index in [0.717, 1.165) is 5.56 Å². The third kappa shape index (κ3) is 2.96. The highest BCUT2D eigenvalue weighted by atomic mass is 32.2. The number of amides is 2. The summed E-state index contributed by atoms with van der Waals surface area (Å²) in [5.74, 6) is -1.37. The number of carboxylic acid groups (broad SMARTS) is 1. The van der Waals surface area contributed by atoms with Gasteiger partial charge < -0.3 is 15.3 Å². The van der Waals surface area contributed by atoms with Crippen molar-refractivity contribution in [2.45, 2.75) is 23.9 Å². The van der Waals surface area contributed by atoms with Crippen molar-refractivity contribution >= 4 is 46.6 Å². The monoisotopic (exact) mass is 350 g/mol. The Balaban J connectivity index is 1.65. The number of nitrogens with zero attached hydrogens (tertiary/aromatic N) is 1. The number of carboxylic acids is 1. The number of carbonyl (C=O) groups is 3. The molecule has 2 amide bonds. The minimum absolute atomic E-state index is 0.183. The van der Waals surface area contributed by atoms with Crippen molar-refractivity contribution in [2.75, 3.05) is 5.75 Å². The fraction of sp³-hybridized carbons (Fsp3) is 0.333. The molecule has 2 aliphatic heterocycles. The maximum absolute atomic E-state index is 12.2. The minimum atomic E-state index is -1.12. The molecule has 1 aromatic rings.